The minimum atomic E-state index is -2.45. The highest BCUT2D eigenvalue weighted by atomic mass is 32.2. The summed E-state index contributed by atoms with van der Waals surface area (Å²) < 4.78 is 29.3. The summed E-state index contributed by atoms with van der Waals surface area (Å²) >= 11 is 0.461. The predicted octanol–water partition coefficient (Wildman–Crippen LogP) is 2.19. The van der Waals surface area contributed by atoms with Crippen LogP contribution in [0.4, 0.5) is 8.78 Å². The lowest BCUT2D eigenvalue weighted by molar-refractivity contribution is 0.0749. The van der Waals surface area contributed by atoms with E-state index in [1.54, 1.807) is 11.0 Å². The highest BCUT2D eigenvalue weighted by molar-refractivity contribution is 7.98. The Kier molecular flexibility index (Phi) is 4.81. The van der Waals surface area contributed by atoms with Crippen molar-refractivity contribution in [3.8, 4) is 0 Å². The van der Waals surface area contributed by atoms with E-state index < -0.39 is 5.76 Å². The van der Waals surface area contributed by atoms with Crippen molar-refractivity contribution >= 4 is 17.7 Å². The second-order valence-corrected chi connectivity index (χ2v) is 5.40. The van der Waals surface area contributed by atoms with E-state index in [1.807, 2.05) is 0 Å². The van der Waals surface area contributed by atoms with Gasteiger partial charge in [0.25, 0.3) is 11.7 Å². The van der Waals surface area contributed by atoms with Crippen LogP contribution in [0.1, 0.15) is 22.7 Å². The summed E-state index contributed by atoms with van der Waals surface area (Å²) in [6.45, 7) is 1.17. The number of halogens is 2. The van der Waals surface area contributed by atoms with E-state index >= 15 is 0 Å². The van der Waals surface area contributed by atoms with E-state index in [-0.39, 0.29) is 29.9 Å². The summed E-state index contributed by atoms with van der Waals surface area (Å²) in [5.74, 6) is -2.00. The topological polar surface area (TPSA) is 53.7 Å². The molecule has 0 radical (unpaired) electrons. The average molecular weight is 291 g/mol. The van der Waals surface area contributed by atoms with Gasteiger partial charge in [0.15, 0.2) is 5.76 Å². The van der Waals surface area contributed by atoms with E-state index in [9.17, 15) is 13.6 Å². The zero-order valence-electron chi connectivity index (χ0n) is 10.2. The van der Waals surface area contributed by atoms with Crippen LogP contribution in [0, 0.1) is 5.92 Å². The van der Waals surface area contributed by atoms with Crippen LogP contribution in [-0.4, -0.2) is 41.4 Å². The number of aliphatic hydroxyl groups is 1. The quantitative estimate of drug-likeness (QED) is 0.903. The number of rotatable bonds is 5. The van der Waals surface area contributed by atoms with Crippen molar-refractivity contribution in [2.75, 3.05) is 19.7 Å². The molecule has 0 aliphatic carbocycles. The van der Waals surface area contributed by atoms with Crippen LogP contribution in [0.5, 0.6) is 0 Å². The normalized spacial score (nSPS) is 19.4. The number of likely N-dealkylation sites (tertiary alicyclic amines) is 1. The number of alkyl halides is 2. The fraction of sp³-hybridized carbons (Fsp3) is 0.583. The first-order valence-electron chi connectivity index (χ1n) is 5.98. The van der Waals surface area contributed by atoms with Crippen LogP contribution in [0.3, 0.4) is 0 Å². The molecule has 1 amide bonds. The molecule has 7 heteroatoms. The number of carbonyl (C=O) groups excluding carboxylic acids is 1. The Bertz CT molecular complexity index is 438. The highest BCUT2D eigenvalue weighted by Crippen LogP contribution is 2.23. The molecule has 1 unspecified atom stereocenters. The van der Waals surface area contributed by atoms with E-state index in [0.717, 1.165) is 6.42 Å². The summed E-state index contributed by atoms with van der Waals surface area (Å²) in [5.41, 5.74) is 0. The molecule has 1 aromatic heterocycles. The molecule has 1 N–H and O–H groups in total. The van der Waals surface area contributed by atoms with Crippen LogP contribution in [-0.2, 0) is 5.75 Å². The number of aliphatic hydroxyl groups excluding tert-OH is 1. The van der Waals surface area contributed by atoms with Crippen molar-refractivity contribution in [3.63, 3.8) is 0 Å². The molecule has 2 heterocycles. The molecule has 0 aromatic carbocycles. The molecule has 106 valence electrons. The molecule has 1 atom stereocenters. The van der Waals surface area contributed by atoms with Gasteiger partial charge in [-0.1, -0.05) is 11.8 Å². The van der Waals surface area contributed by atoms with Gasteiger partial charge in [-0.15, -0.1) is 0 Å². The van der Waals surface area contributed by atoms with Crippen LogP contribution >= 0.6 is 11.8 Å². The van der Waals surface area contributed by atoms with Crippen LogP contribution in [0.15, 0.2) is 16.5 Å². The monoisotopic (exact) mass is 291 g/mol. The Morgan fingerprint density at radius 3 is 3.00 bits per heavy atom. The molecule has 0 saturated carbocycles. The third-order valence-corrected chi connectivity index (χ3v) is 3.76. The van der Waals surface area contributed by atoms with E-state index in [1.165, 1.54) is 6.07 Å². The molecule has 1 aliphatic rings. The summed E-state index contributed by atoms with van der Waals surface area (Å²) in [6.07, 6.45) is 0.775. The Hall–Kier alpha value is -1.08. The largest absolute Gasteiger partial charge is 0.455 e. The lowest BCUT2D eigenvalue weighted by atomic mass is 10.1. The first-order chi connectivity index (χ1) is 9.10. The van der Waals surface area contributed by atoms with Gasteiger partial charge in [0.2, 0.25) is 0 Å². The van der Waals surface area contributed by atoms with Crippen molar-refractivity contribution in [2.24, 2.45) is 5.92 Å². The molecular formula is C12H15F2NO3S. The Labute approximate surface area is 113 Å². The van der Waals surface area contributed by atoms with Crippen molar-refractivity contribution in [1.82, 2.24) is 4.90 Å². The molecule has 0 spiro atoms. The molecule has 2 rings (SSSR count). The number of hydrogen-bond acceptors (Lipinski definition) is 4. The molecule has 1 fully saturated rings. The lowest BCUT2D eigenvalue weighted by Crippen LogP contribution is -2.28. The smallest absolute Gasteiger partial charge is 0.289 e. The number of nitrogens with zero attached hydrogens (tertiary/aromatic N) is 1. The number of hydrogen-bond donors (Lipinski definition) is 1. The molecule has 1 aromatic rings. The highest BCUT2D eigenvalue weighted by Gasteiger charge is 2.28. The van der Waals surface area contributed by atoms with Crippen molar-refractivity contribution in [2.45, 2.75) is 17.9 Å². The molecule has 4 nitrogen and oxygen atoms in total. The van der Waals surface area contributed by atoms with E-state index in [2.05, 4.69) is 0 Å². The summed E-state index contributed by atoms with van der Waals surface area (Å²) in [4.78, 5) is 13.7. The standard InChI is InChI=1S/C12H15F2NO3S/c13-12(14)19-7-9-1-2-10(18-9)11(17)15-4-3-8(5-15)6-16/h1-2,8,12,16H,3-7H2. The fourth-order valence-electron chi connectivity index (χ4n) is 2.04. The van der Waals surface area contributed by atoms with Crippen molar-refractivity contribution in [1.29, 1.82) is 0 Å². The Morgan fingerprint density at radius 2 is 2.37 bits per heavy atom. The third kappa shape index (κ3) is 3.70. The van der Waals surface area contributed by atoms with Crippen LogP contribution in [0.25, 0.3) is 0 Å². The maximum Gasteiger partial charge on any atom is 0.289 e. The second-order valence-electron chi connectivity index (χ2n) is 4.43. The second kappa shape index (κ2) is 6.38. The lowest BCUT2D eigenvalue weighted by Gasteiger charge is -2.14. The van der Waals surface area contributed by atoms with Gasteiger partial charge in [-0.3, -0.25) is 4.79 Å². The van der Waals surface area contributed by atoms with Gasteiger partial charge < -0.3 is 14.4 Å². The predicted molar refractivity (Wildman–Crippen MR) is 67.1 cm³/mol. The minimum Gasteiger partial charge on any atom is -0.455 e. The van der Waals surface area contributed by atoms with Gasteiger partial charge in [-0.2, -0.15) is 8.78 Å². The zero-order chi connectivity index (χ0) is 13.8. The van der Waals surface area contributed by atoms with Crippen LogP contribution < -0.4 is 0 Å². The first-order valence-corrected chi connectivity index (χ1v) is 7.03. The van der Waals surface area contributed by atoms with Crippen LogP contribution in [0.2, 0.25) is 0 Å². The SMILES string of the molecule is O=C(c1ccc(CSC(F)F)o1)N1CCC(CO)C1. The van der Waals surface area contributed by atoms with E-state index in [4.69, 9.17) is 9.52 Å². The number of amides is 1. The third-order valence-electron chi connectivity index (χ3n) is 3.06. The molecule has 0 bridgehead atoms. The minimum absolute atomic E-state index is 0.0458. The Balaban J connectivity index is 1.93. The average Bonchev–Trinajstić information content (AvgIpc) is 3.04. The first kappa shape index (κ1) is 14.3. The zero-order valence-corrected chi connectivity index (χ0v) is 11.0. The van der Waals surface area contributed by atoms with Gasteiger partial charge in [-0.05, 0) is 18.6 Å². The fourth-order valence-corrected chi connectivity index (χ4v) is 2.48. The van der Waals surface area contributed by atoms with Gasteiger partial charge in [-0.25, -0.2) is 0 Å². The van der Waals surface area contributed by atoms with Crippen molar-refractivity contribution < 1.29 is 23.1 Å². The van der Waals surface area contributed by atoms with Gasteiger partial charge in [0, 0.05) is 25.6 Å². The Morgan fingerprint density at radius 1 is 1.58 bits per heavy atom. The van der Waals surface area contributed by atoms with Gasteiger partial charge in [0.1, 0.15) is 5.76 Å². The molecule has 1 saturated heterocycles. The number of furan rings is 1. The maximum absolute atomic E-state index is 12.1. The summed E-state index contributed by atoms with van der Waals surface area (Å²) in [6, 6.07) is 3.05. The molecule has 19 heavy (non-hydrogen) atoms. The molecular weight excluding hydrogens is 276 g/mol. The number of carbonyl (C=O) groups is 1. The van der Waals surface area contributed by atoms with E-state index in [0.29, 0.717) is 30.6 Å². The molecule has 1 aliphatic heterocycles. The maximum atomic E-state index is 12.1. The summed E-state index contributed by atoms with van der Waals surface area (Å²) in [7, 11) is 0. The number of thioether (sulfide) groups is 1. The van der Waals surface area contributed by atoms with Crippen molar-refractivity contribution in [3.05, 3.63) is 23.7 Å². The summed E-state index contributed by atoms with van der Waals surface area (Å²) in [5, 5.41) is 9.03. The van der Waals surface area contributed by atoms with Gasteiger partial charge >= 0.3 is 0 Å². The van der Waals surface area contributed by atoms with Gasteiger partial charge in [0.05, 0.1) is 5.75 Å².